The molecule has 0 saturated heterocycles. The molecule has 0 heterocycles. The number of methoxy groups -OCH3 is 1. The Hall–Kier alpha value is -2.49. The van der Waals surface area contributed by atoms with Gasteiger partial charge in [0, 0.05) is 13.6 Å². The highest BCUT2D eigenvalue weighted by Gasteiger charge is 2.16. The van der Waals surface area contributed by atoms with Crippen molar-refractivity contribution >= 4 is 5.91 Å². The lowest BCUT2D eigenvalue weighted by Crippen LogP contribution is -2.26. The minimum Gasteiger partial charge on any atom is -0.507 e. The van der Waals surface area contributed by atoms with E-state index >= 15 is 0 Å². The second-order valence-corrected chi connectivity index (χ2v) is 5.03. The second-order valence-electron chi connectivity index (χ2n) is 5.03. The first-order valence-electron chi connectivity index (χ1n) is 6.69. The van der Waals surface area contributed by atoms with E-state index < -0.39 is 0 Å². The Morgan fingerprint density at radius 3 is 2.48 bits per heavy atom. The van der Waals surface area contributed by atoms with E-state index in [-0.39, 0.29) is 11.7 Å². The van der Waals surface area contributed by atoms with Crippen LogP contribution in [0.2, 0.25) is 0 Å². The summed E-state index contributed by atoms with van der Waals surface area (Å²) < 4.78 is 5.11. The molecule has 0 bridgehead atoms. The van der Waals surface area contributed by atoms with Crippen molar-refractivity contribution in [2.45, 2.75) is 13.5 Å². The zero-order chi connectivity index (χ0) is 15.4. The van der Waals surface area contributed by atoms with Gasteiger partial charge in [-0.25, -0.2) is 0 Å². The van der Waals surface area contributed by atoms with Crippen molar-refractivity contribution in [2.24, 2.45) is 0 Å². The van der Waals surface area contributed by atoms with Crippen molar-refractivity contribution in [3.05, 3.63) is 59.2 Å². The summed E-state index contributed by atoms with van der Waals surface area (Å²) in [4.78, 5) is 14.0. The molecule has 0 saturated carbocycles. The standard InChI is InChI=1S/C17H19NO3/c1-12-4-9-16(19)15(10-12)17(20)18(2)11-13-5-7-14(21-3)8-6-13/h4-10,19H,11H2,1-3H3. The summed E-state index contributed by atoms with van der Waals surface area (Å²) in [7, 11) is 3.33. The smallest absolute Gasteiger partial charge is 0.257 e. The number of phenolic OH excluding ortho intramolecular Hbond substituents is 1. The predicted molar refractivity (Wildman–Crippen MR) is 81.6 cm³/mol. The number of benzene rings is 2. The lowest BCUT2D eigenvalue weighted by atomic mass is 10.1. The van der Waals surface area contributed by atoms with Gasteiger partial charge in [-0.05, 0) is 36.8 Å². The van der Waals surface area contributed by atoms with Gasteiger partial charge in [-0.1, -0.05) is 23.8 Å². The van der Waals surface area contributed by atoms with Crippen LogP contribution < -0.4 is 4.74 Å². The highest BCUT2D eigenvalue weighted by molar-refractivity contribution is 5.96. The molecule has 4 nitrogen and oxygen atoms in total. The minimum absolute atomic E-state index is 0.00665. The van der Waals surface area contributed by atoms with Gasteiger partial charge < -0.3 is 14.7 Å². The van der Waals surface area contributed by atoms with E-state index in [1.54, 1.807) is 37.3 Å². The highest BCUT2D eigenvalue weighted by Crippen LogP contribution is 2.21. The Morgan fingerprint density at radius 2 is 1.86 bits per heavy atom. The molecular weight excluding hydrogens is 266 g/mol. The molecule has 0 aliphatic heterocycles. The van der Waals surface area contributed by atoms with E-state index in [4.69, 9.17) is 4.74 Å². The fraction of sp³-hybridized carbons (Fsp3) is 0.235. The summed E-state index contributed by atoms with van der Waals surface area (Å²) >= 11 is 0. The Bertz CT molecular complexity index is 635. The lowest BCUT2D eigenvalue weighted by Gasteiger charge is -2.18. The zero-order valence-electron chi connectivity index (χ0n) is 12.5. The summed E-state index contributed by atoms with van der Waals surface area (Å²) in [6.07, 6.45) is 0. The minimum atomic E-state index is -0.202. The van der Waals surface area contributed by atoms with Gasteiger partial charge in [0.15, 0.2) is 0 Å². The van der Waals surface area contributed by atoms with Crippen LogP contribution in [0.15, 0.2) is 42.5 Å². The molecule has 1 N–H and O–H groups in total. The molecule has 0 fully saturated rings. The normalized spacial score (nSPS) is 10.2. The summed E-state index contributed by atoms with van der Waals surface area (Å²) in [6, 6.07) is 12.6. The third kappa shape index (κ3) is 3.54. The molecule has 110 valence electrons. The van der Waals surface area contributed by atoms with E-state index in [1.165, 1.54) is 0 Å². The monoisotopic (exact) mass is 285 g/mol. The van der Waals surface area contributed by atoms with Crippen LogP contribution in [0, 0.1) is 6.92 Å². The Labute approximate surface area is 124 Å². The number of aryl methyl sites for hydroxylation is 1. The largest absolute Gasteiger partial charge is 0.507 e. The predicted octanol–water partition coefficient (Wildman–Crippen LogP) is 2.98. The molecule has 0 aliphatic rings. The van der Waals surface area contributed by atoms with E-state index in [1.807, 2.05) is 31.2 Å². The first kappa shape index (κ1) is 14.9. The van der Waals surface area contributed by atoms with Gasteiger partial charge in [-0.3, -0.25) is 4.79 Å². The topological polar surface area (TPSA) is 49.8 Å². The lowest BCUT2D eigenvalue weighted by molar-refractivity contribution is 0.0782. The molecule has 0 spiro atoms. The number of nitrogens with zero attached hydrogens (tertiary/aromatic N) is 1. The van der Waals surface area contributed by atoms with Gasteiger partial charge in [0.25, 0.3) is 5.91 Å². The number of rotatable bonds is 4. The number of carbonyl (C=O) groups is 1. The number of hydrogen-bond acceptors (Lipinski definition) is 3. The summed E-state index contributed by atoms with van der Waals surface area (Å²) in [6.45, 7) is 2.36. The van der Waals surface area contributed by atoms with Crippen LogP contribution >= 0.6 is 0 Å². The SMILES string of the molecule is COc1ccc(CN(C)C(=O)c2cc(C)ccc2O)cc1. The summed E-state index contributed by atoms with van der Waals surface area (Å²) in [5.74, 6) is 0.586. The van der Waals surface area contributed by atoms with Crippen molar-refractivity contribution in [3.63, 3.8) is 0 Å². The highest BCUT2D eigenvalue weighted by atomic mass is 16.5. The molecule has 21 heavy (non-hydrogen) atoms. The first-order valence-corrected chi connectivity index (χ1v) is 6.69. The quantitative estimate of drug-likeness (QED) is 0.939. The first-order chi connectivity index (χ1) is 10.0. The van der Waals surface area contributed by atoms with Crippen molar-refractivity contribution in [3.8, 4) is 11.5 Å². The molecule has 2 aromatic carbocycles. The Balaban J connectivity index is 2.13. The molecule has 0 aromatic heterocycles. The number of hydrogen-bond donors (Lipinski definition) is 1. The van der Waals surface area contributed by atoms with Crippen LogP contribution in [0.5, 0.6) is 11.5 Å². The number of ether oxygens (including phenoxy) is 1. The summed E-state index contributed by atoms with van der Waals surface area (Å²) in [5, 5.41) is 9.82. The maximum absolute atomic E-state index is 12.4. The van der Waals surface area contributed by atoms with E-state index in [2.05, 4.69) is 0 Å². The van der Waals surface area contributed by atoms with Gasteiger partial charge >= 0.3 is 0 Å². The molecule has 0 aliphatic carbocycles. The molecule has 0 radical (unpaired) electrons. The van der Waals surface area contributed by atoms with Crippen LogP contribution in [-0.2, 0) is 6.54 Å². The van der Waals surface area contributed by atoms with Crippen molar-refractivity contribution in [1.29, 1.82) is 0 Å². The molecular formula is C17H19NO3. The zero-order valence-corrected chi connectivity index (χ0v) is 12.5. The molecule has 1 amide bonds. The molecule has 0 atom stereocenters. The molecule has 2 aromatic rings. The van der Waals surface area contributed by atoms with Crippen LogP contribution in [0.25, 0.3) is 0 Å². The third-order valence-electron chi connectivity index (χ3n) is 3.31. The second kappa shape index (κ2) is 6.31. The fourth-order valence-electron chi connectivity index (χ4n) is 2.10. The molecule has 2 rings (SSSR count). The average molecular weight is 285 g/mol. The number of amides is 1. The van der Waals surface area contributed by atoms with Crippen molar-refractivity contribution < 1.29 is 14.6 Å². The fourth-order valence-corrected chi connectivity index (χ4v) is 2.10. The number of aromatic hydroxyl groups is 1. The van der Waals surface area contributed by atoms with Gasteiger partial charge in [-0.2, -0.15) is 0 Å². The van der Waals surface area contributed by atoms with Gasteiger partial charge in [0.05, 0.1) is 12.7 Å². The van der Waals surface area contributed by atoms with Crippen LogP contribution in [0.1, 0.15) is 21.5 Å². The van der Waals surface area contributed by atoms with E-state index in [0.29, 0.717) is 12.1 Å². The molecule has 4 heteroatoms. The number of phenols is 1. The molecule has 0 unspecified atom stereocenters. The van der Waals surface area contributed by atoms with Crippen molar-refractivity contribution in [1.82, 2.24) is 4.90 Å². The Kier molecular flexibility index (Phi) is 4.48. The van der Waals surface area contributed by atoms with Gasteiger partial charge in [0.2, 0.25) is 0 Å². The average Bonchev–Trinajstić information content (AvgIpc) is 2.49. The van der Waals surface area contributed by atoms with Crippen LogP contribution in [0.4, 0.5) is 0 Å². The van der Waals surface area contributed by atoms with Crippen LogP contribution in [-0.4, -0.2) is 30.1 Å². The maximum Gasteiger partial charge on any atom is 0.257 e. The third-order valence-corrected chi connectivity index (χ3v) is 3.31. The van der Waals surface area contributed by atoms with E-state index in [0.717, 1.165) is 16.9 Å². The number of carbonyl (C=O) groups excluding carboxylic acids is 1. The van der Waals surface area contributed by atoms with Gasteiger partial charge in [0.1, 0.15) is 11.5 Å². The summed E-state index contributed by atoms with van der Waals surface area (Å²) in [5.41, 5.74) is 2.26. The maximum atomic E-state index is 12.4. The van der Waals surface area contributed by atoms with Crippen molar-refractivity contribution in [2.75, 3.05) is 14.2 Å². The Morgan fingerprint density at radius 1 is 1.19 bits per heavy atom. The van der Waals surface area contributed by atoms with E-state index in [9.17, 15) is 9.90 Å². The van der Waals surface area contributed by atoms with Gasteiger partial charge in [-0.15, -0.1) is 0 Å². The van der Waals surface area contributed by atoms with Crippen LogP contribution in [0.3, 0.4) is 0 Å².